The zero-order chi connectivity index (χ0) is 15.9. The van der Waals surface area contributed by atoms with Gasteiger partial charge in [0.1, 0.15) is 11.4 Å². The summed E-state index contributed by atoms with van der Waals surface area (Å²) in [5, 5.41) is 11.2. The Hall–Kier alpha value is -2.69. The van der Waals surface area contributed by atoms with Crippen molar-refractivity contribution in [2.24, 2.45) is 16.1 Å². The minimum Gasteiger partial charge on any atom is -0.494 e. The maximum Gasteiger partial charge on any atom is 0.226 e. The van der Waals surface area contributed by atoms with Crippen molar-refractivity contribution in [3.63, 3.8) is 0 Å². The Morgan fingerprint density at radius 3 is 2.36 bits per heavy atom. The quantitative estimate of drug-likeness (QED) is 0.813. The number of rotatable bonds is 5. The molecular formula is C17H19N3O2. The average molecular weight is 297 g/mol. The van der Waals surface area contributed by atoms with Crippen molar-refractivity contribution in [2.75, 3.05) is 12.4 Å². The number of ether oxygens (including phenoxy) is 1. The minimum absolute atomic E-state index is 0.0107. The van der Waals surface area contributed by atoms with Gasteiger partial charge in [-0.1, -0.05) is 26.0 Å². The van der Waals surface area contributed by atoms with E-state index >= 15 is 0 Å². The van der Waals surface area contributed by atoms with E-state index in [1.165, 1.54) is 0 Å². The predicted octanol–water partition coefficient (Wildman–Crippen LogP) is 4.71. The molecule has 2 aromatic rings. The van der Waals surface area contributed by atoms with Gasteiger partial charge in [-0.25, -0.2) is 0 Å². The second-order valence-electron chi connectivity index (χ2n) is 5.06. The van der Waals surface area contributed by atoms with Crippen molar-refractivity contribution < 1.29 is 9.53 Å². The van der Waals surface area contributed by atoms with Gasteiger partial charge in [-0.2, -0.15) is 5.11 Å². The van der Waals surface area contributed by atoms with E-state index in [1.54, 1.807) is 31.4 Å². The smallest absolute Gasteiger partial charge is 0.226 e. The van der Waals surface area contributed by atoms with Crippen molar-refractivity contribution in [1.29, 1.82) is 0 Å². The maximum absolute atomic E-state index is 11.6. The molecule has 5 nitrogen and oxygen atoms in total. The van der Waals surface area contributed by atoms with Gasteiger partial charge in [0.25, 0.3) is 0 Å². The predicted molar refractivity (Wildman–Crippen MR) is 87.1 cm³/mol. The zero-order valence-corrected chi connectivity index (χ0v) is 12.9. The van der Waals surface area contributed by atoms with Crippen LogP contribution in [0.5, 0.6) is 5.75 Å². The van der Waals surface area contributed by atoms with E-state index in [1.807, 2.05) is 38.1 Å². The molecule has 0 bridgehead atoms. The van der Waals surface area contributed by atoms with Crippen molar-refractivity contribution in [3.8, 4) is 5.75 Å². The van der Waals surface area contributed by atoms with Crippen molar-refractivity contribution in [3.05, 3.63) is 48.5 Å². The molecule has 2 rings (SSSR count). The van der Waals surface area contributed by atoms with Crippen LogP contribution in [0.2, 0.25) is 0 Å². The van der Waals surface area contributed by atoms with Crippen molar-refractivity contribution in [1.82, 2.24) is 0 Å². The summed E-state index contributed by atoms with van der Waals surface area (Å²) in [6.45, 7) is 3.70. The molecule has 0 spiro atoms. The van der Waals surface area contributed by atoms with Crippen LogP contribution in [0.1, 0.15) is 13.8 Å². The van der Waals surface area contributed by atoms with Gasteiger partial charge in [0, 0.05) is 11.6 Å². The highest BCUT2D eigenvalue weighted by atomic mass is 16.5. The van der Waals surface area contributed by atoms with Crippen LogP contribution >= 0.6 is 0 Å². The van der Waals surface area contributed by atoms with Gasteiger partial charge in [0.15, 0.2) is 0 Å². The second-order valence-corrected chi connectivity index (χ2v) is 5.06. The second kappa shape index (κ2) is 7.36. The van der Waals surface area contributed by atoms with Crippen LogP contribution < -0.4 is 10.1 Å². The number of carbonyl (C=O) groups is 1. The van der Waals surface area contributed by atoms with Crippen LogP contribution in [-0.4, -0.2) is 13.0 Å². The summed E-state index contributed by atoms with van der Waals surface area (Å²) in [5.74, 6) is 0.611. The van der Waals surface area contributed by atoms with Crippen LogP contribution in [0.4, 0.5) is 17.1 Å². The Balaban J connectivity index is 2.08. The molecule has 22 heavy (non-hydrogen) atoms. The molecule has 0 heterocycles. The minimum atomic E-state index is -0.0510. The van der Waals surface area contributed by atoms with E-state index < -0.39 is 0 Å². The molecule has 0 aromatic heterocycles. The van der Waals surface area contributed by atoms with E-state index in [0.717, 1.165) is 5.69 Å². The largest absolute Gasteiger partial charge is 0.494 e. The molecule has 114 valence electrons. The zero-order valence-electron chi connectivity index (χ0n) is 12.9. The molecular weight excluding hydrogens is 278 g/mol. The van der Waals surface area contributed by atoms with Gasteiger partial charge in [-0.05, 0) is 36.4 Å². The molecule has 0 saturated carbocycles. The summed E-state index contributed by atoms with van der Waals surface area (Å²) in [6, 6.07) is 14.6. The molecule has 2 aromatic carbocycles. The maximum atomic E-state index is 11.6. The molecule has 0 aliphatic heterocycles. The van der Waals surface area contributed by atoms with E-state index in [9.17, 15) is 4.79 Å². The Morgan fingerprint density at radius 1 is 1.05 bits per heavy atom. The van der Waals surface area contributed by atoms with Crippen LogP contribution in [0.15, 0.2) is 58.8 Å². The Morgan fingerprint density at radius 2 is 1.73 bits per heavy atom. The van der Waals surface area contributed by atoms with E-state index in [2.05, 4.69) is 15.5 Å². The Labute approximate surface area is 130 Å². The summed E-state index contributed by atoms with van der Waals surface area (Å²) in [4.78, 5) is 11.6. The molecule has 5 heteroatoms. The summed E-state index contributed by atoms with van der Waals surface area (Å²) < 4.78 is 5.22. The highest BCUT2D eigenvalue weighted by molar-refractivity contribution is 5.92. The topological polar surface area (TPSA) is 63.1 Å². The Bertz CT molecular complexity index is 664. The van der Waals surface area contributed by atoms with Crippen LogP contribution in [-0.2, 0) is 4.79 Å². The fourth-order valence-electron chi connectivity index (χ4n) is 1.72. The monoisotopic (exact) mass is 297 g/mol. The van der Waals surface area contributed by atoms with Crippen LogP contribution in [0, 0.1) is 5.92 Å². The molecule has 0 aliphatic carbocycles. The average Bonchev–Trinajstić information content (AvgIpc) is 2.54. The van der Waals surface area contributed by atoms with Crippen LogP contribution in [0.3, 0.4) is 0 Å². The van der Waals surface area contributed by atoms with Crippen molar-refractivity contribution >= 4 is 23.0 Å². The van der Waals surface area contributed by atoms with Gasteiger partial charge in [-0.3, -0.25) is 4.79 Å². The van der Waals surface area contributed by atoms with E-state index in [0.29, 0.717) is 17.1 Å². The van der Waals surface area contributed by atoms with E-state index in [-0.39, 0.29) is 11.8 Å². The summed E-state index contributed by atoms with van der Waals surface area (Å²) in [6.07, 6.45) is 0. The number of hydrogen-bond acceptors (Lipinski definition) is 4. The van der Waals surface area contributed by atoms with Gasteiger partial charge in [0.2, 0.25) is 5.91 Å². The molecule has 0 radical (unpaired) electrons. The summed E-state index contributed by atoms with van der Waals surface area (Å²) in [5.41, 5.74) is 2.12. The first-order valence-electron chi connectivity index (χ1n) is 7.06. The lowest BCUT2D eigenvalue weighted by Crippen LogP contribution is -2.17. The summed E-state index contributed by atoms with van der Waals surface area (Å²) in [7, 11) is 1.60. The molecule has 0 unspecified atom stereocenters. The number of nitrogens with one attached hydrogen (secondary N) is 1. The molecule has 0 aliphatic rings. The molecule has 0 fully saturated rings. The number of nitrogens with zero attached hydrogens (tertiary/aromatic N) is 2. The molecule has 0 atom stereocenters. The van der Waals surface area contributed by atoms with Crippen LogP contribution in [0.25, 0.3) is 0 Å². The number of para-hydroxylation sites is 1. The highest BCUT2D eigenvalue weighted by Gasteiger charge is 2.06. The third-order valence-corrected chi connectivity index (χ3v) is 3.02. The molecule has 0 saturated heterocycles. The third kappa shape index (κ3) is 4.15. The highest BCUT2D eigenvalue weighted by Crippen LogP contribution is 2.28. The fourth-order valence-corrected chi connectivity index (χ4v) is 1.72. The molecule has 1 N–H and O–H groups in total. The third-order valence-electron chi connectivity index (χ3n) is 3.02. The normalized spacial score (nSPS) is 10.9. The first-order valence-corrected chi connectivity index (χ1v) is 7.06. The summed E-state index contributed by atoms with van der Waals surface area (Å²) >= 11 is 0. The number of carbonyl (C=O) groups excluding carboxylic acids is 1. The lowest BCUT2D eigenvalue weighted by molar-refractivity contribution is -0.118. The van der Waals surface area contributed by atoms with E-state index in [4.69, 9.17) is 4.74 Å². The first-order chi connectivity index (χ1) is 10.6. The number of amides is 1. The standard InChI is InChI=1S/C17H19N3O2/c1-12(2)17(21)18-13-8-10-14(11-9-13)19-20-15-6-4-5-7-16(15)22-3/h4-12H,1-3H3,(H,18,21). The van der Waals surface area contributed by atoms with Crippen molar-refractivity contribution in [2.45, 2.75) is 13.8 Å². The number of azo groups is 1. The van der Waals surface area contributed by atoms with Gasteiger partial charge >= 0.3 is 0 Å². The lowest BCUT2D eigenvalue weighted by Gasteiger charge is -2.07. The number of methoxy groups -OCH3 is 1. The number of anilines is 1. The first kappa shape index (κ1) is 15.7. The number of hydrogen-bond donors (Lipinski definition) is 1. The van der Waals surface area contributed by atoms with Gasteiger partial charge in [-0.15, -0.1) is 5.11 Å². The SMILES string of the molecule is COc1ccccc1N=Nc1ccc(NC(=O)C(C)C)cc1. The molecule has 1 amide bonds. The lowest BCUT2D eigenvalue weighted by atomic mass is 10.2. The fraction of sp³-hybridized carbons (Fsp3) is 0.235. The van der Waals surface area contributed by atoms with Gasteiger partial charge in [0.05, 0.1) is 12.8 Å². The number of benzene rings is 2. The van der Waals surface area contributed by atoms with Gasteiger partial charge < -0.3 is 10.1 Å². The Kier molecular flexibility index (Phi) is 5.25.